The van der Waals surface area contributed by atoms with Gasteiger partial charge >= 0.3 is 0 Å². The number of thioether (sulfide) groups is 1. The molecule has 3 amide bonds. The van der Waals surface area contributed by atoms with Crippen LogP contribution in [-0.4, -0.2) is 52.9 Å². The topological polar surface area (TPSA) is 57.7 Å². The predicted molar refractivity (Wildman–Crippen MR) is 93.5 cm³/mol. The maximum absolute atomic E-state index is 12.5. The average Bonchev–Trinajstić information content (AvgIpc) is 2.79. The van der Waals surface area contributed by atoms with Crippen LogP contribution in [0.4, 0.5) is 0 Å². The fourth-order valence-corrected chi connectivity index (χ4v) is 4.58. The van der Waals surface area contributed by atoms with Crippen LogP contribution >= 0.6 is 11.8 Å². The first-order chi connectivity index (χ1) is 11.6. The van der Waals surface area contributed by atoms with Crippen LogP contribution in [0.3, 0.4) is 0 Å². The standard InChI is InChI=1S/C18H22N2O3S/c1-13-4-2-3-5-14(13)15-8-9-19(10-11-24-15)18(23)12-20-16(21)6-7-17(20)22/h2-5,15H,6-12H2,1H3/t15-/m1/s1. The SMILES string of the molecule is Cc1ccccc1[C@H]1CCN(C(=O)CN2C(=O)CCC2=O)CCS1. The van der Waals surface area contributed by atoms with E-state index in [1.165, 1.54) is 11.1 Å². The summed E-state index contributed by atoms with van der Waals surface area (Å²) >= 11 is 1.87. The summed E-state index contributed by atoms with van der Waals surface area (Å²) in [5, 5.41) is 0.388. The Balaban J connectivity index is 1.61. The molecule has 6 heteroatoms. The first kappa shape index (κ1) is 17.0. The lowest BCUT2D eigenvalue weighted by Crippen LogP contribution is -2.43. The minimum atomic E-state index is -0.227. The molecule has 0 aliphatic carbocycles. The van der Waals surface area contributed by atoms with Gasteiger partial charge in [0.15, 0.2) is 0 Å². The van der Waals surface area contributed by atoms with E-state index >= 15 is 0 Å². The van der Waals surface area contributed by atoms with Crippen LogP contribution in [0.5, 0.6) is 0 Å². The normalized spacial score (nSPS) is 22.0. The number of aryl methyl sites for hydroxylation is 1. The van der Waals surface area contributed by atoms with E-state index in [0.717, 1.165) is 17.1 Å². The summed E-state index contributed by atoms with van der Waals surface area (Å²) in [6.45, 7) is 3.36. The minimum absolute atomic E-state index is 0.0998. The van der Waals surface area contributed by atoms with Gasteiger partial charge in [0.1, 0.15) is 6.54 Å². The lowest BCUT2D eigenvalue weighted by molar-refractivity contribution is -0.145. The third kappa shape index (κ3) is 3.64. The van der Waals surface area contributed by atoms with E-state index in [1.807, 2.05) is 17.8 Å². The second-order valence-corrected chi connectivity index (χ2v) is 7.57. The van der Waals surface area contributed by atoms with Crippen LogP contribution in [0.25, 0.3) is 0 Å². The Morgan fingerprint density at radius 1 is 1.17 bits per heavy atom. The largest absolute Gasteiger partial charge is 0.340 e. The van der Waals surface area contributed by atoms with Crippen LogP contribution in [-0.2, 0) is 14.4 Å². The Bertz CT molecular complexity index is 645. The van der Waals surface area contributed by atoms with Crippen molar-refractivity contribution in [3.8, 4) is 0 Å². The molecule has 0 radical (unpaired) electrons. The molecule has 2 heterocycles. The maximum atomic E-state index is 12.5. The molecule has 2 aliphatic heterocycles. The van der Waals surface area contributed by atoms with Gasteiger partial charge in [0.2, 0.25) is 17.7 Å². The van der Waals surface area contributed by atoms with Crippen LogP contribution in [0.1, 0.15) is 35.6 Å². The molecule has 0 saturated carbocycles. The molecule has 5 nitrogen and oxygen atoms in total. The second kappa shape index (κ2) is 7.38. The van der Waals surface area contributed by atoms with Crippen LogP contribution in [0.15, 0.2) is 24.3 Å². The summed E-state index contributed by atoms with van der Waals surface area (Å²) in [5.74, 6) is 0.294. The smallest absolute Gasteiger partial charge is 0.242 e. The van der Waals surface area contributed by atoms with Crippen molar-refractivity contribution < 1.29 is 14.4 Å². The number of nitrogens with zero attached hydrogens (tertiary/aromatic N) is 2. The van der Waals surface area contributed by atoms with Gasteiger partial charge in [-0.05, 0) is 24.5 Å². The minimum Gasteiger partial charge on any atom is -0.340 e. The third-order valence-corrected chi connectivity index (χ3v) is 5.99. The first-order valence-electron chi connectivity index (χ1n) is 8.34. The Morgan fingerprint density at radius 3 is 2.58 bits per heavy atom. The highest BCUT2D eigenvalue weighted by Gasteiger charge is 2.32. The lowest BCUT2D eigenvalue weighted by Gasteiger charge is -2.23. The Kier molecular flexibility index (Phi) is 5.23. The average molecular weight is 346 g/mol. The van der Waals surface area contributed by atoms with Crippen molar-refractivity contribution in [2.24, 2.45) is 0 Å². The van der Waals surface area contributed by atoms with Crippen LogP contribution in [0.2, 0.25) is 0 Å². The summed E-state index contributed by atoms with van der Waals surface area (Å²) in [6.07, 6.45) is 1.36. The van der Waals surface area contributed by atoms with Crippen molar-refractivity contribution in [3.63, 3.8) is 0 Å². The third-order valence-electron chi connectivity index (χ3n) is 4.68. The molecule has 1 aromatic carbocycles. The highest BCUT2D eigenvalue weighted by Crippen LogP contribution is 2.35. The molecule has 2 aliphatic rings. The van der Waals surface area contributed by atoms with Gasteiger partial charge in [0.05, 0.1) is 0 Å². The second-order valence-electron chi connectivity index (χ2n) is 6.26. The number of amides is 3. The molecule has 0 unspecified atom stereocenters. The van der Waals surface area contributed by atoms with E-state index in [4.69, 9.17) is 0 Å². The number of hydrogen-bond donors (Lipinski definition) is 0. The van der Waals surface area contributed by atoms with Gasteiger partial charge in [-0.1, -0.05) is 24.3 Å². The Morgan fingerprint density at radius 2 is 1.88 bits per heavy atom. The molecule has 2 fully saturated rings. The van der Waals surface area contributed by atoms with Gasteiger partial charge in [0, 0.05) is 36.9 Å². The van der Waals surface area contributed by atoms with Gasteiger partial charge in [0.25, 0.3) is 0 Å². The fourth-order valence-electron chi connectivity index (χ4n) is 3.25. The number of hydrogen-bond acceptors (Lipinski definition) is 4. The summed E-state index contributed by atoms with van der Waals surface area (Å²) in [6, 6.07) is 8.38. The zero-order valence-electron chi connectivity index (χ0n) is 13.9. The summed E-state index contributed by atoms with van der Waals surface area (Å²) in [7, 11) is 0. The van der Waals surface area contributed by atoms with Gasteiger partial charge in [-0.3, -0.25) is 19.3 Å². The molecule has 1 aromatic rings. The van der Waals surface area contributed by atoms with Gasteiger partial charge in [-0.15, -0.1) is 0 Å². The fraction of sp³-hybridized carbons (Fsp3) is 0.500. The monoisotopic (exact) mass is 346 g/mol. The molecule has 24 heavy (non-hydrogen) atoms. The maximum Gasteiger partial charge on any atom is 0.242 e. The molecule has 128 valence electrons. The zero-order valence-corrected chi connectivity index (χ0v) is 14.7. The van der Waals surface area contributed by atoms with Crippen molar-refractivity contribution in [1.29, 1.82) is 0 Å². The van der Waals surface area contributed by atoms with E-state index in [0.29, 0.717) is 18.3 Å². The number of imide groups is 1. The van der Waals surface area contributed by atoms with Crippen LogP contribution < -0.4 is 0 Å². The number of carbonyl (C=O) groups excluding carboxylic acids is 3. The van der Waals surface area contributed by atoms with E-state index in [1.54, 1.807) is 4.90 Å². The van der Waals surface area contributed by atoms with Crippen molar-refractivity contribution in [3.05, 3.63) is 35.4 Å². The molecule has 0 bridgehead atoms. The van der Waals surface area contributed by atoms with Gasteiger partial charge < -0.3 is 4.90 Å². The quantitative estimate of drug-likeness (QED) is 0.787. The number of carbonyl (C=O) groups is 3. The molecule has 0 aromatic heterocycles. The van der Waals surface area contributed by atoms with E-state index in [9.17, 15) is 14.4 Å². The van der Waals surface area contributed by atoms with Crippen molar-refractivity contribution in [2.75, 3.05) is 25.4 Å². The molecule has 1 atom stereocenters. The number of rotatable bonds is 3. The van der Waals surface area contributed by atoms with E-state index in [2.05, 4.69) is 25.1 Å². The highest BCUT2D eigenvalue weighted by atomic mass is 32.2. The number of likely N-dealkylation sites (tertiary alicyclic amines) is 1. The predicted octanol–water partition coefficient (Wildman–Crippen LogP) is 2.15. The molecule has 2 saturated heterocycles. The Hall–Kier alpha value is -1.82. The van der Waals surface area contributed by atoms with Crippen molar-refractivity contribution in [1.82, 2.24) is 9.80 Å². The molecular formula is C18H22N2O3S. The van der Waals surface area contributed by atoms with Crippen LogP contribution in [0, 0.1) is 6.92 Å². The number of benzene rings is 1. The molecule has 0 N–H and O–H groups in total. The van der Waals surface area contributed by atoms with Gasteiger partial charge in [-0.2, -0.15) is 11.8 Å². The summed E-state index contributed by atoms with van der Waals surface area (Å²) in [4.78, 5) is 38.7. The lowest BCUT2D eigenvalue weighted by atomic mass is 10.0. The van der Waals surface area contributed by atoms with Crippen molar-refractivity contribution in [2.45, 2.75) is 31.4 Å². The first-order valence-corrected chi connectivity index (χ1v) is 9.39. The summed E-state index contributed by atoms with van der Waals surface area (Å²) < 4.78 is 0. The molecule has 3 rings (SSSR count). The van der Waals surface area contributed by atoms with E-state index in [-0.39, 0.29) is 37.1 Å². The van der Waals surface area contributed by atoms with Gasteiger partial charge in [-0.25, -0.2) is 0 Å². The van der Waals surface area contributed by atoms with E-state index < -0.39 is 0 Å². The molecule has 0 spiro atoms. The zero-order chi connectivity index (χ0) is 17.1. The Labute approximate surface area is 146 Å². The highest BCUT2D eigenvalue weighted by molar-refractivity contribution is 7.99. The summed E-state index contributed by atoms with van der Waals surface area (Å²) in [5.41, 5.74) is 2.62. The molecular weight excluding hydrogens is 324 g/mol. The van der Waals surface area contributed by atoms with Crippen molar-refractivity contribution >= 4 is 29.5 Å².